The van der Waals surface area contributed by atoms with Crippen molar-refractivity contribution >= 4 is 12.1 Å². The fourth-order valence-corrected chi connectivity index (χ4v) is 2.79. The molecule has 1 aliphatic rings. The van der Waals surface area contributed by atoms with Gasteiger partial charge in [-0.05, 0) is 55.5 Å². The first-order chi connectivity index (χ1) is 11.2. The molecule has 0 aliphatic heterocycles. The first kappa shape index (κ1) is 17.3. The van der Waals surface area contributed by atoms with Gasteiger partial charge in [-0.25, -0.2) is 0 Å². The number of nitrogens with one attached hydrogen (secondary N) is 1. The summed E-state index contributed by atoms with van der Waals surface area (Å²) in [4.78, 5) is 16.9. The van der Waals surface area contributed by atoms with E-state index in [1.807, 2.05) is 31.2 Å². The van der Waals surface area contributed by atoms with Gasteiger partial charge in [0.05, 0.1) is 12.8 Å². The van der Waals surface area contributed by atoms with Crippen LogP contribution >= 0.6 is 0 Å². The molecule has 1 amide bonds. The fraction of sp³-hybridized carbons (Fsp3) is 0.556. The molecule has 2 rings (SSSR count). The van der Waals surface area contributed by atoms with Gasteiger partial charge in [0.1, 0.15) is 5.75 Å². The molecule has 2 unspecified atom stereocenters. The molecule has 0 spiro atoms. The highest BCUT2D eigenvalue weighted by Crippen LogP contribution is 2.23. The van der Waals surface area contributed by atoms with Crippen LogP contribution in [-0.2, 0) is 9.63 Å². The summed E-state index contributed by atoms with van der Waals surface area (Å²) in [5.41, 5.74) is 0.898. The standard InChI is InChI=1S/C18H26N2O3/c1-3-22-16-10-8-15(9-11-16)12-19-23-13-18(21)20-17-7-5-4-6-14(17)2/h8-12,14,17H,3-7,13H2,1-2H3,(H,20,21)/b19-12+. The van der Waals surface area contributed by atoms with Gasteiger partial charge in [0.2, 0.25) is 0 Å². The number of oxime groups is 1. The molecule has 0 radical (unpaired) electrons. The topological polar surface area (TPSA) is 59.9 Å². The number of rotatable bonds is 7. The second-order valence-electron chi connectivity index (χ2n) is 5.95. The van der Waals surface area contributed by atoms with E-state index in [2.05, 4.69) is 17.4 Å². The molecule has 0 bridgehead atoms. The maximum Gasteiger partial charge on any atom is 0.261 e. The van der Waals surface area contributed by atoms with E-state index in [9.17, 15) is 4.79 Å². The van der Waals surface area contributed by atoms with Crippen LogP contribution < -0.4 is 10.1 Å². The van der Waals surface area contributed by atoms with Gasteiger partial charge < -0.3 is 14.9 Å². The number of hydrogen-bond donors (Lipinski definition) is 1. The molecule has 5 nitrogen and oxygen atoms in total. The average molecular weight is 318 g/mol. The van der Waals surface area contributed by atoms with Crippen molar-refractivity contribution in [2.75, 3.05) is 13.2 Å². The van der Waals surface area contributed by atoms with Gasteiger partial charge in [0, 0.05) is 6.04 Å². The lowest BCUT2D eigenvalue weighted by atomic mass is 9.86. The van der Waals surface area contributed by atoms with E-state index in [0.29, 0.717) is 12.5 Å². The van der Waals surface area contributed by atoms with Crippen LogP contribution in [0.4, 0.5) is 0 Å². The van der Waals surface area contributed by atoms with Gasteiger partial charge in [0.25, 0.3) is 5.91 Å². The van der Waals surface area contributed by atoms with Crippen molar-refractivity contribution in [3.63, 3.8) is 0 Å². The highest BCUT2D eigenvalue weighted by atomic mass is 16.6. The number of ether oxygens (including phenoxy) is 1. The Labute approximate surface area is 138 Å². The Balaban J connectivity index is 1.70. The molecule has 1 fully saturated rings. The lowest BCUT2D eigenvalue weighted by Crippen LogP contribution is -2.42. The quantitative estimate of drug-likeness (QED) is 0.620. The van der Waals surface area contributed by atoms with Crippen molar-refractivity contribution in [2.24, 2.45) is 11.1 Å². The van der Waals surface area contributed by atoms with Gasteiger partial charge >= 0.3 is 0 Å². The van der Waals surface area contributed by atoms with E-state index >= 15 is 0 Å². The van der Waals surface area contributed by atoms with Gasteiger partial charge in [-0.3, -0.25) is 4.79 Å². The molecule has 0 heterocycles. The van der Waals surface area contributed by atoms with E-state index in [1.165, 1.54) is 19.3 Å². The third kappa shape index (κ3) is 5.93. The number of carbonyl (C=O) groups excluding carboxylic acids is 1. The fourth-order valence-electron chi connectivity index (χ4n) is 2.79. The molecule has 126 valence electrons. The maximum absolute atomic E-state index is 11.9. The van der Waals surface area contributed by atoms with Crippen LogP contribution in [0.1, 0.15) is 45.1 Å². The lowest BCUT2D eigenvalue weighted by molar-refractivity contribution is -0.126. The SMILES string of the molecule is CCOc1ccc(/C=N/OCC(=O)NC2CCCCC2C)cc1. The Kier molecular flexibility index (Phi) is 6.91. The van der Waals surface area contributed by atoms with Crippen molar-refractivity contribution in [3.05, 3.63) is 29.8 Å². The lowest BCUT2D eigenvalue weighted by Gasteiger charge is -2.29. The summed E-state index contributed by atoms with van der Waals surface area (Å²) in [6.07, 6.45) is 6.28. The predicted octanol–water partition coefficient (Wildman–Crippen LogP) is 3.13. The first-order valence-corrected chi connectivity index (χ1v) is 8.36. The molecular formula is C18H26N2O3. The van der Waals surface area contributed by atoms with Crippen LogP contribution in [0.2, 0.25) is 0 Å². The van der Waals surface area contributed by atoms with Crippen molar-refractivity contribution in [1.82, 2.24) is 5.32 Å². The zero-order chi connectivity index (χ0) is 16.5. The molecule has 5 heteroatoms. The van der Waals surface area contributed by atoms with Gasteiger partial charge in [-0.15, -0.1) is 0 Å². The Morgan fingerprint density at radius 1 is 1.30 bits per heavy atom. The summed E-state index contributed by atoms with van der Waals surface area (Å²) in [5.74, 6) is 1.26. The minimum Gasteiger partial charge on any atom is -0.494 e. The summed E-state index contributed by atoms with van der Waals surface area (Å²) in [7, 11) is 0. The van der Waals surface area contributed by atoms with Crippen molar-refractivity contribution < 1.29 is 14.4 Å². The number of hydrogen-bond acceptors (Lipinski definition) is 4. The second kappa shape index (κ2) is 9.18. The maximum atomic E-state index is 11.9. The Morgan fingerprint density at radius 2 is 2.04 bits per heavy atom. The normalized spacial score (nSPS) is 21.1. The first-order valence-electron chi connectivity index (χ1n) is 8.36. The van der Waals surface area contributed by atoms with Crippen LogP contribution in [0.15, 0.2) is 29.4 Å². The molecule has 23 heavy (non-hydrogen) atoms. The largest absolute Gasteiger partial charge is 0.494 e. The summed E-state index contributed by atoms with van der Waals surface area (Å²) >= 11 is 0. The predicted molar refractivity (Wildman–Crippen MR) is 90.7 cm³/mol. The van der Waals surface area contributed by atoms with Gasteiger partial charge in [-0.1, -0.05) is 24.9 Å². The molecule has 1 aromatic rings. The third-order valence-electron chi connectivity index (χ3n) is 4.12. The minimum absolute atomic E-state index is 0.0449. The van der Waals surface area contributed by atoms with E-state index in [1.54, 1.807) is 6.21 Å². The highest BCUT2D eigenvalue weighted by Gasteiger charge is 2.22. The van der Waals surface area contributed by atoms with Crippen LogP contribution in [0.3, 0.4) is 0 Å². The number of nitrogens with zero attached hydrogens (tertiary/aromatic N) is 1. The van der Waals surface area contributed by atoms with Crippen molar-refractivity contribution in [1.29, 1.82) is 0 Å². The summed E-state index contributed by atoms with van der Waals surface area (Å²) in [5, 5.41) is 6.88. The zero-order valence-corrected chi connectivity index (χ0v) is 14.0. The summed E-state index contributed by atoms with van der Waals surface area (Å²) in [6, 6.07) is 7.81. The van der Waals surface area contributed by atoms with Crippen LogP contribution in [0.5, 0.6) is 5.75 Å². The number of carbonyl (C=O) groups is 1. The molecule has 2 atom stereocenters. The van der Waals surface area contributed by atoms with Gasteiger partial charge in [0.15, 0.2) is 6.61 Å². The van der Waals surface area contributed by atoms with E-state index in [4.69, 9.17) is 9.57 Å². The smallest absolute Gasteiger partial charge is 0.261 e. The van der Waals surface area contributed by atoms with Crippen LogP contribution in [0.25, 0.3) is 0 Å². The Morgan fingerprint density at radius 3 is 2.74 bits per heavy atom. The van der Waals surface area contributed by atoms with E-state index < -0.39 is 0 Å². The highest BCUT2D eigenvalue weighted by molar-refractivity contribution is 5.80. The molecule has 1 N–H and O–H groups in total. The third-order valence-corrected chi connectivity index (χ3v) is 4.12. The summed E-state index contributed by atoms with van der Waals surface area (Å²) < 4.78 is 5.37. The molecule has 1 aromatic carbocycles. The Bertz CT molecular complexity index is 514. The monoisotopic (exact) mass is 318 g/mol. The number of benzene rings is 1. The van der Waals surface area contributed by atoms with E-state index in [0.717, 1.165) is 17.7 Å². The van der Waals surface area contributed by atoms with Crippen LogP contribution in [0, 0.1) is 5.92 Å². The summed E-state index contributed by atoms with van der Waals surface area (Å²) in [6.45, 7) is 4.74. The molecule has 1 saturated carbocycles. The van der Waals surface area contributed by atoms with E-state index in [-0.39, 0.29) is 18.6 Å². The average Bonchev–Trinajstić information content (AvgIpc) is 2.55. The Hall–Kier alpha value is -2.04. The minimum atomic E-state index is -0.104. The van der Waals surface area contributed by atoms with Crippen molar-refractivity contribution in [2.45, 2.75) is 45.6 Å². The molecule has 1 aliphatic carbocycles. The second-order valence-corrected chi connectivity index (χ2v) is 5.95. The molecule has 0 aromatic heterocycles. The molecular weight excluding hydrogens is 292 g/mol. The zero-order valence-electron chi connectivity index (χ0n) is 14.0. The van der Waals surface area contributed by atoms with Crippen molar-refractivity contribution in [3.8, 4) is 5.75 Å². The molecule has 0 saturated heterocycles. The number of amides is 1. The van der Waals surface area contributed by atoms with Gasteiger partial charge in [-0.2, -0.15) is 0 Å². The van der Waals surface area contributed by atoms with Crippen LogP contribution in [-0.4, -0.2) is 31.4 Å².